The van der Waals surface area contributed by atoms with Crippen molar-refractivity contribution in [3.05, 3.63) is 42.9 Å². The van der Waals surface area contributed by atoms with Crippen LogP contribution in [0.5, 0.6) is 0 Å². The van der Waals surface area contributed by atoms with E-state index >= 15 is 0 Å². The van der Waals surface area contributed by atoms with Gasteiger partial charge in [-0.25, -0.2) is 0 Å². The highest BCUT2D eigenvalue weighted by Crippen LogP contribution is 2.21. The molecule has 0 aliphatic rings. The largest absolute Gasteiger partial charge is 0.398 e. The smallest absolute Gasteiger partial charge is 0.0738 e. The van der Waals surface area contributed by atoms with Crippen LogP contribution in [0.15, 0.2) is 42.9 Å². The minimum atomic E-state index is 0.703. The van der Waals surface area contributed by atoms with E-state index in [-0.39, 0.29) is 0 Å². The number of aromatic nitrogens is 2. The summed E-state index contributed by atoms with van der Waals surface area (Å²) in [5.74, 6) is 0. The van der Waals surface area contributed by atoms with Gasteiger partial charge in [-0.3, -0.25) is 9.97 Å². The van der Waals surface area contributed by atoms with Crippen LogP contribution in [0.1, 0.15) is 0 Å². The highest BCUT2D eigenvalue weighted by molar-refractivity contribution is 5.72. The van der Waals surface area contributed by atoms with Crippen LogP contribution >= 0.6 is 0 Å². The number of pyridine rings is 2. The molecule has 0 amide bonds. The van der Waals surface area contributed by atoms with Gasteiger partial charge < -0.3 is 5.73 Å². The molecule has 0 aliphatic heterocycles. The van der Waals surface area contributed by atoms with Crippen molar-refractivity contribution in [1.82, 2.24) is 9.97 Å². The fourth-order valence-electron chi connectivity index (χ4n) is 1.14. The molecule has 3 nitrogen and oxygen atoms in total. The molecule has 2 rings (SSSR count). The van der Waals surface area contributed by atoms with Crippen LogP contribution in [0.3, 0.4) is 0 Å². The Morgan fingerprint density at radius 3 is 2.69 bits per heavy atom. The van der Waals surface area contributed by atoms with E-state index < -0.39 is 0 Å². The molecule has 0 saturated carbocycles. The van der Waals surface area contributed by atoms with E-state index in [4.69, 9.17) is 5.73 Å². The average Bonchev–Trinajstić information content (AvgIpc) is 2.20. The summed E-state index contributed by atoms with van der Waals surface area (Å²) in [6, 6.07) is 7.47. The first kappa shape index (κ1) is 7.73. The Bertz CT molecular complexity index is 398. The molecule has 0 aromatic carbocycles. The number of nitrogens with two attached hydrogens (primary N) is 1. The first-order chi connectivity index (χ1) is 6.38. The van der Waals surface area contributed by atoms with E-state index in [1.165, 1.54) is 0 Å². The zero-order valence-electron chi connectivity index (χ0n) is 7.01. The molecular weight excluding hydrogens is 162 g/mol. The molecule has 13 heavy (non-hydrogen) atoms. The molecule has 0 spiro atoms. The first-order valence-electron chi connectivity index (χ1n) is 3.99. The Morgan fingerprint density at radius 2 is 2.00 bits per heavy atom. The van der Waals surface area contributed by atoms with Crippen LogP contribution in [0.4, 0.5) is 5.69 Å². The van der Waals surface area contributed by atoms with E-state index in [1.807, 2.05) is 18.2 Å². The van der Waals surface area contributed by atoms with Crippen LogP contribution in [0.2, 0.25) is 0 Å². The van der Waals surface area contributed by atoms with Crippen molar-refractivity contribution in [2.45, 2.75) is 0 Å². The molecular formula is C10H9N3. The van der Waals surface area contributed by atoms with Crippen molar-refractivity contribution in [1.29, 1.82) is 0 Å². The van der Waals surface area contributed by atoms with Crippen molar-refractivity contribution < 1.29 is 0 Å². The van der Waals surface area contributed by atoms with Crippen molar-refractivity contribution in [2.75, 3.05) is 5.73 Å². The first-order valence-corrected chi connectivity index (χ1v) is 3.99. The predicted octanol–water partition coefficient (Wildman–Crippen LogP) is 1.73. The van der Waals surface area contributed by atoms with E-state index in [0.717, 1.165) is 11.3 Å². The van der Waals surface area contributed by atoms with Crippen LogP contribution in [0, 0.1) is 0 Å². The molecule has 0 saturated heterocycles. The molecule has 2 N–H and O–H groups in total. The second-order valence-corrected chi connectivity index (χ2v) is 2.68. The quantitative estimate of drug-likeness (QED) is 0.710. The molecule has 0 radical (unpaired) electrons. The van der Waals surface area contributed by atoms with Gasteiger partial charge in [-0.15, -0.1) is 0 Å². The van der Waals surface area contributed by atoms with Gasteiger partial charge in [0.15, 0.2) is 0 Å². The molecule has 3 heteroatoms. The van der Waals surface area contributed by atoms with Crippen LogP contribution < -0.4 is 5.73 Å². The van der Waals surface area contributed by atoms with Crippen molar-refractivity contribution >= 4 is 5.69 Å². The number of anilines is 1. The summed E-state index contributed by atoms with van der Waals surface area (Å²) in [4.78, 5) is 8.19. The second kappa shape index (κ2) is 3.23. The number of hydrogen-bond acceptors (Lipinski definition) is 3. The fraction of sp³-hybridized carbons (Fsp3) is 0. The lowest BCUT2D eigenvalue weighted by molar-refractivity contribution is 1.28. The normalized spacial score (nSPS) is 9.85. The Morgan fingerprint density at radius 1 is 1.08 bits per heavy atom. The predicted molar refractivity (Wildman–Crippen MR) is 51.9 cm³/mol. The number of nitrogen functional groups attached to an aromatic ring is 1. The van der Waals surface area contributed by atoms with E-state index in [2.05, 4.69) is 9.97 Å². The monoisotopic (exact) mass is 171 g/mol. The molecule has 2 aromatic heterocycles. The lowest BCUT2D eigenvalue weighted by atomic mass is 10.1. The van der Waals surface area contributed by atoms with E-state index in [1.54, 1.807) is 24.7 Å². The Balaban J connectivity index is 2.54. The van der Waals surface area contributed by atoms with Crippen molar-refractivity contribution in [2.24, 2.45) is 0 Å². The molecule has 64 valence electrons. The van der Waals surface area contributed by atoms with Gasteiger partial charge in [0.05, 0.1) is 5.69 Å². The third-order valence-corrected chi connectivity index (χ3v) is 1.80. The zero-order valence-corrected chi connectivity index (χ0v) is 7.01. The molecule has 0 bridgehead atoms. The highest BCUT2D eigenvalue weighted by Gasteiger charge is 2.01. The van der Waals surface area contributed by atoms with E-state index in [9.17, 15) is 0 Å². The summed E-state index contributed by atoms with van der Waals surface area (Å²) in [7, 11) is 0. The lowest BCUT2D eigenvalue weighted by Gasteiger charge is -2.02. The lowest BCUT2D eigenvalue weighted by Crippen LogP contribution is -1.91. The maximum Gasteiger partial charge on any atom is 0.0738 e. The summed E-state index contributed by atoms with van der Waals surface area (Å²) in [5, 5.41) is 0. The van der Waals surface area contributed by atoms with Gasteiger partial charge in [0.25, 0.3) is 0 Å². The summed E-state index contributed by atoms with van der Waals surface area (Å²) in [5.41, 5.74) is 8.21. The van der Waals surface area contributed by atoms with Crippen LogP contribution in [-0.2, 0) is 0 Å². The Labute approximate surface area is 76.3 Å². The maximum atomic E-state index is 5.77. The summed E-state index contributed by atoms with van der Waals surface area (Å²) >= 11 is 0. The maximum absolute atomic E-state index is 5.77. The Hall–Kier alpha value is -1.90. The molecule has 0 unspecified atom stereocenters. The summed E-state index contributed by atoms with van der Waals surface area (Å²) in [6.07, 6.45) is 5.13. The Kier molecular flexibility index (Phi) is 1.92. The molecule has 2 aromatic rings. The van der Waals surface area contributed by atoms with Crippen molar-refractivity contribution in [3.8, 4) is 11.3 Å². The number of hydrogen-bond donors (Lipinski definition) is 1. The average molecular weight is 171 g/mol. The highest BCUT2D eigenvalue weighted by atomic mass is 14.7. The van der Waals surface area contributed by atoms with Gasteiger partial charge in [-0.05, 0) is 18.2 Å². The van der Waals surface area contributed by atoms with Gasteiger partial charge in [-0.2, -0.15) is 0 Å². The second-order valence-electron chi connectivity index (χ2n) is 2.68. The summed E-state index contributed by atoms with van der Waals surface area (Å²) < 4.78 is 0. The summed E-state index contributed by atoms with van der Waals surface area (Å²) in [6.45, 7) is 0. The SMILES string of the molecule is Nc1ccncc1-c1ccccn1. The molecule has 0 atom stereocenters. The minimum Gasteiger partial charge on any atom is -0.398 e. The fourth-order valence-corrected chi connectivity index (χ4v) is 1.14. The zero-order chi connectivity index (χ0) is 9.10. The van der Waals surface area contributed by atoms with Gasteiger partial charge in [0.1, 0.15) is 0 Å². The third-order valence-electron chi connectivity index (χ3n) is 1.80. The number of rotatable bonds is 1. The van der Waals surface area contributed by atoms with Gasteiger partial charge >= 0.3 is 0 Å². The molecule has 2 heterocycles. The van der Waals surface area contributed by atoms with Gasteiger partial charge in [0, 0.05) is 29.8 Å². The standard InChI is InChI=1S/C10H9N3/c11-9-4-6-12-7-8(9)10-3-1-2-5-13-10/h1-7H,(H2,11,12). The van der Waals surface area contributed by atoms with Crippen LogP contribution in [-0.4, -0.2) is 9.97 Å². The minimum absolute atomic E-state index is 0.703. The third kappa shape index (κ3) is 1.49. The topological polar surface area (TPSA) is 51.8 Å². The van der Waals surface area contributed by atoms with Gasteiger partial charge in [0.2, 0.25) is 0 Å². The van der Waals surface area contributed by atoms with Crippen LogP contribution in [0.25, 0.3) is 11.3 Å². The molecule has 0 aliphatic carbocycles. The molecule has 0 fully saturated rings. The van der Waals surface area contributed by atoms with Gasteiger partial charge in [-0.1, -0.05) is 6.07 Å². The van der Waals surface area contributed by atoms with E-state index in [0.29, 0.717) is 5.69 Å². The van der Waals surface area contributed by atoms with Crippen molar-refractivity contribution in [3.63, 3.8) is 0 Å². The number of nitrogens with zero attached hydrogens (tertiary/aromatic N) is 2.